The second kappa shape index (κ2) is 6.93. The number of esters is 1. The van der Waals surface area contributed by atoms with Crippen molar-refractivity contribution < 1.29 is 23.7 Å². The van der Waals surface area contributed by atoms with Gasteiger partial charge in [0.1, 0.15) is 11.9 Å². The van der Waals surface area contributed by atoms with Crippen molar-refractivity contribution in [1.82, 2.24) is 0 Å². The van der Waals surface area contributed by atoms with Crippen LogP contribution in [0.5, 0.6) is 0 Å². The lowest BCUT2D eigenvalue weighted by Crippen LogP contribution is -2.43. The minimum Gasteiger partial charge on any atom is -0.497 e. The molecule has 0 aromatic rings. The molecule has 0 saturated heterocycles. The van der Waals surface area contributed by atoms with Crippen LogP contribution in [-0.4, -0.2) is 45.1 Å². The van der Waals surface area contributed by atoms with E-state index >= 15 is 0 Å². The molecule has 0 aliphatic heterocycles. The van der Waals surface area contributed by atoms with Crippen molar-refractivity contribution in [3.05, 3.63) is 23.5 Å². The van der Waals surface area contributed by atoms with Crippen LogP contribution in [0.15, 0.2) is 23.5 Å². The average molecular weight is 291 g/mol. The first-order chi connectivity index (χ1) is 9.01. The van der Waals surface area contributed by atoms with Gasteiger partial charge in [-0.05, 0) is 24.6 Å². The first-order valence-electron chi connectivity index (χ1n) is 5.91. The summed E-state index contributed by atoms with van der Waals surface area (Å²) < 4.78 is 20.7. The molecule has 19 heavy (non-hydrogen) atoms. The number of hydrogen-bond acceptors (Lipinski definition) is 5. The van der Waals surface area contributed by atoms with E-state index in [0.717, 1.165) is 5.57 Å². The molecule has 0 aromatic carbocycles. The predicted octanol–water partition coefficient (Wildman–Crippen LogP) is 2.01. The molecule has 0 spiro atoms. The number of alkyl halides is 1. The van der Waals surface area contributed by atoms with Gasteiger partial charge in [-0.25, -0.2) is 0 Å². The first-order valence-corrected chi connectivity index (χ1v) is 6.28. The first kappa shape index (κ1) is 16.0. The molecule has 0 saturated carbocycles. The van der Waals surface area contributed by atoms with Gasteiger partial charge in [-0.3, -0.25) is 4.79 Å². The molecule has 108 valence electrons. The highest BCUT2D eigenvalue weighted by molar-refractivity contribution is 6.25. The lowest BCUT2D eigenvalue weighted by atomic mass is 9.97. The lowest BCUT2D eigenvalue weighted by molar-refractivity contribution is -0.142. The smallest absolute Gasteiger partial charge is 0.310 e. The second-order valence-corrected chi connectivity index (χ2v) is 4.50. The third-order valence-electron chi connectivity index (χ3n) is 2.81. The van der Waals surface area contributed by atoms with Gasteiger partial charge in [0.2, 0.25) is 5.06 Å². The standard InChI is InChI=1S/C13H19ClO5/c1-5-19-12(15)8-9-6-10(16-2)13(14,18-4)11(7-9)17-3/h6-7,10H,5,8H2,1-4H3. The van der Waals surface area contributed by atoms with Crippen LogP contribution >= 0.6 is 11.6 Å². The van der Waals surface area contributed by atoms with Gasteiger partial charge in [0, 0.05) is 14.2 Å². The summed E-state index contributed by atoms with van der Waals surface area (Å²) in [6.45, 7) is 2.11. The lowest BCUT2D eigenvalue weighted by Gasteiger charge is -2.35. The van der Waals surface area contributed by atoms with E-state index in [0.29, 0.717) is 12.4 Å². The number of allylic oxidation sites excluding steroid dienone is 1. The molecule has 0 N–H and O–H groups in total. The van der Waals surface area contributed by atoms with E-state index < -0.39 is 11.2 Å². The molecule has 1 rings (SSSR count). The van der Waals surface area contributed by atoms with E-state index in [1.807, 2.05) is 0 Å². The third kappa shape index (κ3) is 3.49. The van der Waals surface area contributed by atoms with Crippen molar-refractivity contribution in [2.24, 2.45) is 0 Å². The summed E-state index contributed by atoms with van der Waals surface area (Å²) >= 11 is 6.35. The Labute approximate surface area is 118 Å². The van der Waals surface area contributed by atoms with E-state index in [-0.39, 0.29) is 12.4 Å². The summed E-state index contributed by atoms with van der Waals surface area (Å²) in [7, 11) is 4.47. The van der Waals surface area contributed by atoms with Gasteiger partial charge in [-0.1, -0.05) is 11.6 Å². The number of carbonyl (C=O) groups excluding carboxylic acids is 1. The van der Waals surface area contributed by atoms with Crippen LogP contribution in [0.1, 0.15) is 13.3 Å². The molecule has 0 radical (unpaired) electrons. The van der Waals surface area contributed by atoms with Crippen LogP contribution in [0.25, 0.3) is 0 Å². The van der Waals surface area contributed by atoms with Crippen LogP contribution in [0.3, 0.4) is 0 Å². The third-order valence-corrected chi connectivity index (χ3v) is 3.36. The maximum Gasteiger partial charge on any atom is 0.310 e. The topological polar surface area (TPSA) is 54.0 Å². The van der Waals surface area contributed by atoms with Gasteiger partial charge in [0.25, 0.3) is 0 Å². The normalized spacial score (nSPS) is 26.5. The van der Waals surface area contributed by atoms with E-state index in [1.54, 1.807) is 19.1 Å². The van der Waals surface area contributed by atoms with E-state index in [1.165, 1.54) is 21.3 Å². The van der Waals surface area contributed by atoms with E-state index in [4.69, 9.17) is 30.5 Å². The van der Waals surface area contributed by atoms with Crippen molar-refractivity contribution >= 4 is 17.6 Å². The minimum atomic E-state index is -1.22. The molecule has 5 nitrogen and oxygen atoms in total. The number of ether oxygens (including phenoxy) is 4. The van der Waals surface area contributed by atoms with Crippen molar-refractivity contribution in [1.29, 1.82) is 0 Å². The Hall–Kier alpha value is -1.04. The van der Waals surface area contributed by atoms with Gasteiger partial charge in [0.15, 0.2) is 0 Å². The maximum absolute atomic E-state index is 11.5. The summed E-state index contributed by atoms with van der Waals surface area (Å²) in [5.74, 6) is 0.0834. The zero-order chi connectivity index (χ0) is 14.5. The molecule has 1 aliphatic carbocycles. The van der Waals surface area contributed by atoms with Gasteiger partial charge < -0.3 is 18.9 Å². The van der Waals surface area contributed by atoms with Crippen molar-refractivity contribution in [2.75, 3.05) is 27.9 Å². The molecule has 0 heterocycles. The highest BCUT2D eigenvalue weighted by Gasteiger charge is 2.44. The highest BCUT2D eigenvalue weighted by Crippen LogP contribution is 2.38. The second-order valence-electron chi connectivity index (χ2n) is 3.94. The van der Waals surface area contributed by atoms with Crippen molar-refractivity contribution in [2.45, 2.75) is 24.5 Å². The fraction of sp³-hybridized carbons (Fsp3) is 0.615. The summed E-state index contributed by atoms with van der Waals surface area (Å²) in [6.07, 6.45) is 2.99. The number of carbonyl (C=O) groups is 1. The van der Waals surface area contributed by atoms with Crippen LogP contribution in [0.2, 0.25) is 0 Å². The summed E-state index contributed by atoms with van der Waals surface area (Å²) in [4.78, 5) is 11.5. The molecule has 0 amide bonds. The highest BCUT2D eigenvalue weighted by atomic mass is 35.5. The zero-order valence-corrected chi connectivity index (χ0v) is 12.3. The fourth-order valence-corrected chi connectivity index (χ4v) is 2.16. The zero-order valence-electron chi connectivity index (χ0n) is 11.6. The molecule has 0 aromatic heterocycles. The van der Waals surface area contributed by atoms with Gasteiger partial charge in [0.05, 0.1) is 20.1 Å². The average Bonchev–Trinajstić information content (AvgIpc) is 2.40. The molecule has 6 heteroatoms. The van der Waals surface area contributed by atoms with Crippen LogP contribution in [0, 0.1) is 0 Å². The Balaban J connectivity index is 2.96. The molecule has 1 aliphatic rings. The van der Waals surface area contributed by atoms with Crippen molar-refractivity contribution in [3.8, 4) is 0 Å². The van der Waals surface area contributed by atoms with E-state index in [2.05, 4.69) is 0 Å². The summed E-state index contributed by atoms with van der Waals surface area (Å²) in [6, 6.07) is 0. The van der Waals surface area contributed by atoms with Gasteiger partial charge in [-0.15, -0.1) is 0 Å². The van der Waals surface area contributed by atoms with E-state index in [9.17, 15) is 4.79 Å². The van der Waals surface area contributed by atoms with Crippen LogP contribution in [-0.2, 0) is 23.7 Å². The Morgan fingerprint density at radius 3 is 2.58 bits per heavy atom. The van der Waals surface area contributed by atoms with Gasteiger partial charge >= 0.3 is 5.97 Å². The molecule has 0 fully saturated rings. The molecular formula is C13H19ClO5. The Bertz CT molecular complexity index is 390. The number of hydrogen-bond donors (Lipinski definition) is 0. The van der Waals surface area contributed by atoms with Gasteiger partial charge in [-0.2, -0.15) is 0 Å². The van der Waals surface area contributed by atoms with Crippen LogP contribution in [0.4, 0.5) is 0 Å². The monoisotopic (exact) mass is 290 g/mol. The van der Waals surface area contributed by atoms with Crippen LogP contribution < -0.4 is 0 Å². The predicted molar refractivity (Wildman–Crippen MR) is 70.8 cm³/mol. The molecule has 2 unspecified atom stereocenters. The SMILES string of the molecule is CCOC(=O)CC1=CC(OC)C(Cl)(OC)C(OC)=C1. The Kier molecular flexibility index (Phi) is 5.85. The molecule has 2 atom stereocenters. The largest absolute Gasteiger partial charge is 0.497 e. The minimum absolute atomic E-state index is 0.136. The summed E-state index contributed by atoms with van der Waals surface area (Å²) in [5.41, 5.74) is 0.718. The quantitative estimate of drug-likeness (QED) is 0.553. The Morgan fingerprint density at radius 1 is 1.42 bits per heavy atom. The Morgan fingerprint density at radius 2 is 2.11 bits per heavy atom. The number of methoxy groups -OCH3 is 3. The summed E-state index contributed by atoms with van der Waals surface area (Å²) in [5, 5.41) is -1.22. The number of rotatable bonds is 6. The number of halogens is 1. The molecule has 0 bridgehead atoms. The molecular weight excluding hydrogens is 272 g/mol. The fourth-order valence-electron chi connectivity index (χ4n) is 1.88. The maximum atomic E-state index is 11.5. The van der Waals surface area contributed by atoms with Crippen molar-refractivity contribution in [3.63, 3.8) is 0 Å².